The van der Waals surface area contributed by atoms with E-state index < -0.39 is 12.0 Å². The molecule has 1 aliphatic rings. The maximum Gasteiger partial charge on any atom is 0.320 e. The van der Waals surface area contributed by atoms with Crippen molar-refractivity contribution in [1.82, 2.24) is 5.32 Å². The summed E-state index contributed by atoms with van der Waals surface area (Å²) < 4.78 is 5.28. The van der Waals surface area contributed by atoms with E-state index in [1.165, 1.54) is 0 Å². The molecule has 2 N–H and O–H groups in total. The minimum Gasteiger partial charge on any atom is -0.480 e. The molecule has 1 rings (SSSR count). The van der Waals surface area contributed by atoms with Gasteiger partial charge in [-0.2, -0.15) is 0 Å². The fourth-order valence-electron chi connectivity index (χ4n) is 1.86. The normalized spacial score (nSPS) is 22.7. The minimum absolute atomic E-state index is 0.0917. The second-order valence-corrected chi connectivity index (χ2v) is 4.88. The van der Waals surface area contributed by atoms with Crippen LogP contribution in [0.25, 0.3) is 0 Å². The van der Waals surface area contributed by atoms with Gasteiger partial charge in [0, 0.05) is 18.8 Å². The Bertz CT molecular complexity index is 222. The summed E-state index contributed by atoms with van der Waals surface area (Å²) >= 11 is 0. The van der Waals surface area contributed by atoms with Gasteiger partial charge >= 0.3 is 5.97 Å². The summed E-state index contributed by atoms with van der Waals surface area (Å²) in [7, 11) is 0. The topological polar surface area (TPSA) is 58.6 Å². The number of rotatable bonds is 4. The number of nitrogens with one attached hydrogen (secondary N) is 1. The second-order valence-electron chi connectivity index (χ2n) is 4.88. The van der Waals surface area contributed by atoms with Crippen LogP contribution in [0.5, 0.6) is 0 Å². The summed E-state index contributed by atoms with van der Waals surface area (Å²) in [5, 5.41) is 12.3. The van der Waals surface area contributed by atoms with Gasteiger partial charge in [-0.05, 0) is 25.7 Å². The van der Waals surface area contributed by atoms with Gasteiger partial charge in [-0.3, -0.25) is 10.1 Å². The van der Waals surface area contributed by atoms with E-state index in [4.69, 9.17) is 9.84 Å². The van der Waals surface area contributed by atoms with E-state index in [0.717, 1.165) is 12.8 Å². The Balaban J connectivity index is 2.59. The van der Waals surface area contributed by atoms with Gasteiger partial charge in [-0.15, -0.1) is 0 Å². The monoisotopic (exact) mass is 215 g/mol. The molecule has 0 aromatic heterocycles. The predicted octanol–water partition coefficient (Wildman–Crippen LogP) is 1.25. The standard InChI is InChI=1S/C11H21NO3/c1-8(2)9(10(13)14)12-11(3)4-6-15-7-5-11/h8-9,12H,4-7H2,1-3H3,(H,13,14). The molecule has 1 aliphatic heterocycles. The highest BCUT2D eigenvalue weighted by Gasteiger charge is 2.33. The molecule has 0 saturated carbocycles. The van der Waals surface area contributed by atoms with E-state index in [0.29, 0.717) is 13.2 Å². The first-order valence-corrected chi connectivity index (χ1v) is 5.53. The van der Waals surface area contributed by atoms with Gasteiger partial charge in [0.25, 0.3) is 0 Å². The molecular weight excluding hydrogens is 194 g/mol. The Hall–Kier alpha value is -0.610. The van der Waals surface area contributed by atoms with Crippen LogP contribution in [0.4, 0.5) is 0 Å². The third kappa shape index (κ3) is 3.47. The number of aliphatic carboxylic acids is 1. The first kappa shape index (κ1) is 12.5. The number of carbonyl (C=O) groups is 1. The molecule has 0 amide bonds. The molecular formula is C11H21NO3. The van der Waals surface area contributed by atoms with Crippen molar-refractivity contribution in [2.75, 3.05) is 13.2 Å². The Morgan fingerprint density at radius 2 is 1.93 bits per heavy atom. The van der Waals surface area contributed by atoms with Gasteiger partial charge in [0.15, 0.2) is 0 Å². The van der Waals surface area contributed by atoms with Crippen molar-refractivity contribution in [1.29, 1.82) is 0 Å². The van der Waals surface area contributed by atoms with Crippen molar-refractivity contribution in [3.8, 4) is 0 Å². The lowest BCUT2D eigenvalue weighted by Crippen LogP contribution is -2.55. The smallest absolute Gasteiger partial charge is 0.320 e. The molecule has 1 heterocycles. The van der Waals surface area contributed by atoms with Gasteiger partial charge in [0.05, 0.1) is 0 Å². The Labute approximate surface area is 91.0 Å². The first-order valence-electron chi connectivity index (χ1n) is 5.53. The fourth-order valence-corrected chi connectivity index (χ4v) is 1.86. The van der Waals surface area contributed by atoms with E-state index in [1.807, 2.05) is 13.8 Å². The molecule has 0 radical (unpaired) electrons. The molecule has 88 valence electrons. The first-order chi connectivity index (χ1) is 6.94. The highest BCUT2D eigenvalue weighted by molar-refractivity contribution is 5.73. The van der Waals surface area contributed by atoms with Gasteiger partial charge in [0.1, 0.15) is 6.04 Å². The molecule has 4 heteroatoms. The van der Waals surface area contributed by atoms with E-state index in [9.17, 15) is 4.79 Å². The summed E-state index contributed by atoms with van der Waals surface area (Å²) in [5.74, 6) is -0.667. The zero-order chi connectivity index (χ0) is 11.5. The lowest BCUT2D eigenvalue weighted by atomic mass is 9.89. The summed E-state index contributed by atoms with van der Waals surface area (Å²) in [6, 6.07) is -0.465. The molecule has 1 fully saturated rings. The van der Waals surface area contributed by atoms with Crippen LogP contribution in [0.1, 0.15) is 33.6 Å². The second kappa shape index (κ2) is 4.94. The number of carboxylic acids is 1. The van der Waals surface area contributed by atoms with Crippen LogP contribution in [0.2, 0.25) is 0 Å². The summed E-state index contributed by atoms with van der Waals surface area (Å²) in [5.41, 5.74) is -0.0917. The number of hydrogen-bond donors (Lipinski definition) is 2. The molecule has 15 heavy (non-hydrogen) atoms. The number of ether oxygens (including phenoxy) is 1. The average Bonchev–Trinajstić information content (AvgIpc) is 2.14. The average molecular weight is 215 g/mol. The van der Waals surface area contributed by atoms with Crippen molar-refractivity contribution in [2.24, 2.45) is 5.92 Å². The highest BCUT2D eigenvalue weighted by Crippen LogP contribution is 2.21. The van der Waals surface area contributed by atoms with Crippen molar-refractivity contribution >= 4 is 5.97 Å². The van der Waals surface area contributed by atoms with Crippen molar-refractivity contribution in [2.45, 2.75) is 45.2 Å². The molecule has 1 unspecified atom stereocenters. The van der Waals surface area contributed by atoms with Gasteiger partial charge in [0.2, 0.25) is 0 Å². The summed E-state index contributed by atoms with van der Waals surface area (Å²) in [6.07, 6.45) is 1.76. The van der Waals surface area contributed by atoms with Crippen LogP contribution in [-0.4, -0.2) is 35.9 Å². The molecule has 0 bridgehead atoms. The molecule has 0 spiro atoms. The SMILES string of the molecule is CC(C)C(NC1(C)CCOCC1)C(=O)O. The zero-order valence-corrected chi connectivity index (χ0v) is 9.75. The quantitative estimate of drug-likeness (QED) is 0.741. The predicted molar refractivity (Wildman–Crippen MR) is 57.9 cm³/mol. The molecule has 4 nitrogen and oxygen atoms in total. The Morgan fingerprint density at radius 3 is 2.33 bits per heavy atom. The van der Waals surface area contributed by atoms with Crippen LogP contribution >= 0.6 is 0 Å². The Morgan fingerprint density at radius 1 is 1.40 bits per heavy atom. The molecule has 0 aliphatic carbocycles. The van der Waals surface area contributed by atoms with Crippen LogP contribution < -0.4 is 5.32 Å². The lowest BCUT2D eigenvalue weighted by Gasteiger charge is -2.38. The largest absolute Gasteiger partial charge is 0.480 e. The van der Waals surface area contributed by atoms with Crippen molar-refractivity contribution in [3.63, 3.8) is 0 Å². The number of carboxylic acid groups (broad SMARTS) is 1. The fraction of sp³-hybridized carbons (Fsp3) is 0.909. The van der Waals surface area contributed by atoms with E-state index in [1.54, 1.807) is 0 Å². The van der Waals surface area contributed by atoms with Gasteiger partial charge in [-0.1, -0.05) is 13.8 Å². The van der Waals surface area contributed by atoms with Crippen molar-refractivity contribution in [3.05, 3.63) is 0 Å². The Kier molecular flexibility index (Phi) is 4.11. The van der Waals surface area contributed by atoms with Crippen LogP contribution in [0, 0.1) is 5.92 Å². The lowest BCUT2D eigenvalue weighted by molar-refractivity contribution is -0.141. The van der Waals surface area contributed by atoms with Crippen LogP contribution in [-0.2, 0) is 9.53 Å². The maximum atomic E-state index is 11.1. The summed E-state index contributed by atoms with van der Waals surface area (Å²) in [6.45, 7) is 7.36. The third-order valence-corrected chi connectivity index (χ3v) is 3.03. The van der Waals surface area contributed by atoms with Crippen LogP contribution in [0.15, 0.2) is 0 Å². The zero-order valence-electron chi connectivity index (χ0n) is 9.75. The maximum absolute atomic E-state index is 11.1. The summed E-state index contributed by atoms with van der Waals surface area (Å²) in [4.78, 5) is 11.1. The van der Waals surface area contributed by atoms with E-state index in [-0.39, 0.29) is 11.5 Å². The van der Waals surface area contributed by atoms with Crippen molar-refractivity contribution < 1.29 is 14.6 Å². The van der Waals surface area contributed by atoms with Gasteiger partial charge in [-0.25, -0.2) is 0 Å². The third-order valence-electron chi connectivity index (χ3n) is 3.03. The van der Waals surface area contributed by atoms with Gasteiger partial charge < -0.3 is 9.84 Å². The molecule has 0 aromatic rings. The highest BCUT2D eigenvalue weighted by atomic mass is 16.5. The molecule has 0 aromatic carbocycles. The van der Waals surface area contributed by atoms with E-state index >= 15 is 0 Å². The van der Waals surface area contributed by atoms with Crippen LogP contribution in [0.3, 0.4) is 0 Å². The minimum atomic E-state index is -0.766. The number of hydrogen-bond acceptors (Lipinski definition) is 3. The van der Waals surface area contributed by atoms with E-state index in [2.05, 4.69) is 12.2 Å². The molecule has 1 saturated heterocycles. The molecule has 1 atom stereocenters.